The molecule has 0 aliphatic heterocycles. The van der Waals surface area contributed by atoms with E-state index < -0.39 is 0 Å². The Bertz CT molecular complexity index is 613. The molecule has 0 fully saturated rings. The number of benzene rings is 1. The second-order valence-corrected chi connectivity index (χ2v) is 4.38. The molecule has 1 heterocycles. The SMILES string of the molecule is C#Cc1c(OC(C)C)ccc(O)c1-c1ccncc1. The van der Waals surface area contributed by atoms with Gasteiger partial charge in [-0.1, -0.05) is 5.92 Å². The van der Waals surface area contributed by atoms with E-state index in [1.165, 1.54) is 0 Å². The quantitative estimate of drug-likeness (QED) is 0.854. The molecule has 0 atom stereocenters. The van der Waals surface area contributed by atoms with Crippen molar-refractivity contribution in [3.63, 3.8) is 0 Å². The van der Waals surface area contributed by atoms with Gasteiger partial charge in [0.2, 0.25) is 0 Å². The first-order valence-corrected chi connectivity index (χ1v) is 6.03. The van der Waals surface area contributed by atoms with Crippen LogP contribution in [0.25, 0.3) is 11.1 Å². The third-order valence-corrected chi connectivity index (χ3v) is 2.62. The molecule has 0 spiro atoms. The van der Waals surface area contributed by atoms with Crippen molar-refractivity contribution in [2.24, 2.45) is 0 Å². The van der Waals surface area contributed by atoms with Crippen molar-refractivity contribution in [1.29, 1.82) is 0 Å². The average Bonchev–Trinajstić information content (AvgIpc) is 2.40. The van der Waals surface area contributed by atoms with Gasteiger partial charge in [0, 0.05) is 18.0 Å². The second kappa shape index (κ2) is 5.45. The van der Waals surface area contributed by atoms with E-state index in [1.54, 1.807) is 36.7 Å². The van der Waals surface area contributed by atoms with E-state index in [9.17, 15) is 5.11 Å². The van der Waals surface area contributed by atoms with Crippen LogP contribution in [0.3, 0.4) is 0 Å². The smallest absolute Gasteiger partial charge is 0.136 e. The summed E-state index contributed by atoms with van der Waals surface area (Å²) in [7, 11) is 0. The monoisotopic (exact) mass is 253 g/mol. The number of hydrogen-bond donors (Lipinski definition) is 1. The summed E-state index contributed by atoms with van der Waals surface area (Å²) < 4.78 is 5.68. The first-order valence-electron chi connectivity index (χ1n) is 6.03. The molecule has 1 aromatic heterocycles. The number of aromatic hydroxyl groups is 1. The Hall–Kier alpha value is -2.47. The lowest BCUT2D eigenvalue weighted by molar-refractivity contribution is 0.241. The van der Waals surface area contributed by atoms with Crippen LogP contribution in [0.15, 0.2) is 36.7 Å². The van der Waals surface area contributed by atoms with Crippen molar-refractivity contribution in [2.75, 3.05) is 0 Å². The number of phenolic OH excluding ortho intramolecular Hbond substituents is 1. The molecule has 19 heavy (non-hydrogen) atoms. The molecule has 3 nitrogen and oxygen atoms in total. The van der Waals surface area contributed by atoms with Crippen molar-refractivity contribution in [3.05, 3.63) is 42.2 Å². The van der Waals surface area contributed by atoms with Gasteiger partial charge < -0.3 is 9.84 Å². The van der Waals surface area contributed by atoms with E-state index in [0.717, 1.165) is 5.56 Å². The number of nitrogens with zero attached hydrogens (tertiary/aromatic N) is 1. The van der Waals surface area contributed by atoms with E-state index in [-0.39, 0.29) is 11.9 Å². The first-order chi connectivity index (χ1) is 9.13. The average molecular weight is 253 g/mol. The Morgan fingerprint density at radius 1 is 1.21 bits per heavy atom. The molecule has 2 rings (SSSR count). The largest absolute Gasteiger partial charge is 0.507 e. The second-order valence-electron chi connectivity index (χ2n) is 4.38. The van der Waals surface area contributed by atoms with Gasteiger partial charge in [0.1, 0.15) is 11.5 Å². The Labute approximate surface area is 112 Å². The molecule has 0 unspecified atom stereocenters. The molecule has 0 bridgehead atoms. The summed E-state index contributed by atoms with van der Waals surface area (Å²) in [6.45, 7) is 3.86. The molecule has 0 amide bonds. The van der Waals surface area contributed by atoms with Gasteiger partial charge in [-0.15, -0.1) is 6.42 Å². The van der Waals surface area contributed by atoms with E-state index in [2.05, 4.69) is 10.9 Å². The Morgan fingerprint density at radius 2 is 1.89 bits per heavy atom. The van der Waals surface area contributed by atoms with Crippen LogP contribution < -0.4 is 4.74 Å². The zero-order valence-corrected chi connectivity index (χ0v) is 10.9. The van der Waals surface area contributed by atoms with Gasteiger partial charge in [0.25, 0.3) is 0 Å². The van der Waals surface area contributed by atoms with Crippen LogP contribution in [0, 0.1) is 12.3 Å². The van der Waals surface area contributed by atoms with Gasteiger partial charge in [0.15, 0.2) is 0 Å². The third-order valence-electron chi connectivity index (χ3n) is 2.62. The minimum absolute atomic E-state index is 0.0157. The van der Waals surface area contributed by atoms with Crippen LogP contribution >= 0.6 is 0 Å². The lowest BCUT2D eigenvalue weighted by Crippen LogP contribution is -2.07. The number of rotatable bonds is 3. The highest BCUT2D eigenvalue weighted by Crippen LogP contribution is 2.37. The Kier molecular flexibility index (Phi) is 3.72. The third kappa shape index (κ3) is 2.69. The highest BCUT2D eigenvalue weighted by atomic mass is 16.5. The molecule has 0 saturated heterocycles. The van der Waals surface area contributed by atoms with Gasteiger partial charge in [-0.3, -0.25) is 4.98 Å². The Morgan fingerprint density at radius 3 is 2.47 bits per heavy atom. The fourth-order valence-electron chi connectivity index (χ4n) is 1.88. The minimum Gasteiger partial charge on any atom is -0.507 e. The van der Waals surface area contributed by atoms with Crippen molar-refractivity contribution in [2.45, 2.75) is 20.0 Å². The maximum Gasteiger partial charge on any atom is 0.136 e. The molecular formula is C16H15NO2. The predicted octanol–water partition coefficient (Wildman–Crippen LogP) is 3.22. The molecule has 3 heteroatoms. The van der Waals surface area contributed by atoms with Gasteiger partial charge in [-0.25, -0.2) is 0 Å². The standard InChI is InChI=1S/C16H15NO2/c1-4-13-15(19-11(2)3)6-5-14(18)16(13)12-7-9-17-10-8-12/h1,5-11,18H,2-3H3. The maximum atomic E-state index is 10.1. The zero-order valence-electron chi connectivity index (χ0n) is 10.9. The van der Waals surface area contributed by atoms with Crippen LogP contribution in [0.2, 0.25) is 0 Å². The van der Waals surface area contributed by atoms with E-state index >= 15 is 0 Å². The first kappa shape index (κ1) is 13.0. The molecule has 96 valence electrons. The highest BCUT2D eigenvalue weighted by molar-refractivity contribution is 5.79. The van der Waals surface area contributed by atoms with Gasteiger partial charge >= 0.3 is 0 Å². The molecule has 0 radical (unpaired) electrons. The van der Waals surface area contributed by atoms with Crippen LogP contribution in [0.4, 0.5) is 0 Å². The van der Waals surface area contributed by atoms with Gasteiger partial charge in [0.05, 0.1) is 11.7 Å². The summed E-state index contributed by atoms with van der Waals surface area (Å²) in [6, 6.07) is 6.88. The summed E-state index contributed by atoms with van der Waals surface area (Å²) in [6.07, 6.45) is 8.91. The van der Waals surface area contributed by atoms with Gasteiger partial charge in [-0.05, 0) is 43.7 Å². The summed E-state index contributed by atoms with van der Waals surface area (Å²) in [4.78, 5) is 3.96. The molecule has 2 aromatic rings. The van der Waals surface area contributed by atoms with E-state index in [4.69, 9.17) is 11.2 Å². The molecule has 0 saturated carbocycles. The molecule has 0 aliphatic carbocycles. The van der Waals surface area contributed by atoms with E-state index in [0.29, 0.717) is 16.9 Å². The molecule has 1 N–H and O–H groups in total. The highest BCUT2D eigenvalue weighted by Gasteiger charge is 2.15. The van der Waals surface area contributed by atoms with Crippen LogP contribution in [-0.4, -0.2) is 16.2 Å². The van der Waals surface area contributed by atoms with Crippen molar-refractivity contribution < 1.29 is 9.84 Å². The fourth-order valence-corrected chi connectivity index (χ4v) is 1.88. The summed E-state index contributed by atoms with van der Waals surface area (Å²) in [5, 5.41) is 10.1. The van der Waals surface area contributed by atoms with Crippen LogP contribution in [0.1, 0.15) is 19.4 Å². The van der Waals surface area contributed by atoms with Gasteiger partial charge in [-0.2, -0.15) is 0 Å². The fraction of sp³-hybridized carbons (Fsp3) is 0.188. The number of hydrogen-bond acceptors (Lipinski definition) is 3. The lowest BCUT2D eigenvalue weighted by Gasteiger charge is -2.15. The van der Waals surface area contributed by atoms with E-state index in [1.807, 2.05) is 13.8 Å². The minimum atomic E-state index is 0.0157. The lowest BCUT2D eigenvalue weighted by atomic mass is 9.99. The number of aromatic nitrogens is 1. The predicted molar refractivity (Wildman–Crippen MR) is 75.0 cm³/mol. The molecule has 0 aliphatic rings. The Balaban J connectivity index is 2.63. The zero-order chi connectivity index (χ0) is 13.8. The number of pyridine rings is 1. The summed E-state index contributed by atoms with van der Waals surface area (Å²) in [5.41, 5.74) is 1.97. The number of ether oxygens (including phenoxy) is 1. The number of phenols is 1. The molecule has 1 aromatic carbocycles. The van der Waals surface area contributed by atoms with Crippen molar-refractivity contribution in [3.8, 4) is 35.0 Å². The van der Waals surface area contributed by atoms with Crippen molar-refractivity contribution in [1.82, 2.24) is 4.98 Å². The van der Waals surface area contributed by atoms with Crippen LogP contribution in [0.5, 0.6) is 11.5 Å². The normalized spacial score (nSPS) is 10.2. The summed E-state index contributed by atoms with van der Waals surface area (Å²) in [5.74, 6) is 3.34. The topological polar surface area (TPSA) is 42.4 Å². The maximum absolute atomic E-state index is 10.1. The molecular weight excluding hydrogens is 238 g/mol. The summed E-state index contributed by atoms with van der Waals surface area (Å²) >= 11 is 0. The van der Waals surface area contributed by atoms with Crippen LogP contribution in [-0.2, 0) is 0 Å². The van der Waals surface area contributed by atoms with Crippen molar-refractivity contribution >= 4 is 0 Å². The number of terminal acetylenes is 1.